The molecular weight excluding hydrogens is 466 g/mol. The third-order valence-electron chi connectivity index (χ3n) is 4.87. The Balaban J connectivity index is 1.93. The van der Waals surface area contributed by atoms with Gasteiger partial charge in [0.15, 0.2) is 0 Å². The highest BCUT2D eigenvalue weighted by atomic mass is 79.9. The van der Waals surface area contributed by atoms with E-state index < -0.39 is 22.7 Å². The van der Waals surface area contributed by atoms with Crippen LogP contribution in [0, 0.1) is 10.1 Å². The molecule has 9 heteroatoms. The van der Waals surface area contributed by atoms with Crippen molar-refractivity contribution in [2.75, 3.05) is 4.90 Å². The fourth-order valence-electron chi connectivity index (χ4n) is 3.42. The van der Waals surface area contributed by atoms with Crippen LogP contribution < -0.4 is 4.90 Å². The van der Waals surface area contributed by atoms with E-state index in [4.69, 9.17) is 0 Å². The summed E-state index contributed by atoms with van der Waals surface area (Å²) in [6, 6.07) is 16.1. The number of carbonyl (C=O) groups is 2. The highest BCUT2D eigenvalue weighted by Crippen LogP contribution is 2.41. The Morgan fingerprint density at radius 1 is 1.03 bits per heavy atom. The number of nitrogens with zero attached hydrogens (tertiary/aromatic N) is 3. The van der Waals surface area contributed by atoms with Crippen LogP contribution in [0.4, 0.5) is 11.5 Å². The largest absolute Gasteiger partial charge is 0.507 e. The molecule has 31 heavy (non-hydrogen) atoms. The molecule has 4 rings (SSSR count). The van der Waals surface area contributed by atoms with Crippen molar-refractivity contribution in [1.29, 1.82) is 0 Å². The van der Waals surface area contributed by atoms with Crippen molar-refractivity contribution in [1.82, 2.24) is 4.98 Å². The van der Waals surface area contributed by atoms with Crippen molar-refractivity contribution in [3.8, 4) is 0 Å². The Morgan fingerprint density at radius 2 is 1.71 bits per heavy atom. The van der Waals surface area contributed by atoms with Crippen LogP contribution in [0.25, 0.3) is 5.76 Å². The molecule has 1 aliphatic rings. The maximum Gasteiger partial charge on any atom is 0.301 e. The standard InChI is InChI=1S/C22H14BrN3O5/c23-15-8-11-17(24-12-15)25-19(13-6-9-16(10-7-13)26(30)31)18(21(28)22(25)29)20(27)14-4-2-1-3-5-14/h1-12,19,27H/t19-/m1/s1. The molecule has 0 unspecified atom stereocenters. The molecule has 0 saturated carbocycles. The third-order valence-corrected chi connectivity index (χ3v) is 5.34. The first-order valence-corrected chi connectivity index (χ1v) is 9.90. The number of aliphatic hydroxyl groups is 1. The van der Waals surface area contributed by atoms with Crippen LogP contribution in [0.1, 0.15) is 17.2 Å². The zero-order chi connectivity index (χ0) is 22.1. The van der Waals surface area contributed by atoms with Gasteiger partial charge in [-0.2, -0.15) is 0 Å². The lowest BCUT2D eigenvalue weighted by atomic mass is 9.95. The zero-order valence-corrected chi connectivity index (χ0v) is 17.4. The Morgan fingerprint density at radius 3 is 2.29 bits per heavy atom. The summed E-state index contributed by atoms with van der Waals surface area (Å²) < 4.78 is 0.684. The lowest BCUT2D eigenvalue weighted by Crippen LogP contribution is -2.30. The van der Waals surface area contributed by atoms with Gasteiger partial charge in [0, 0.05) is 28.4 Å². The topological polar surface area (TPSA) is 114 Å². The monoisotopic (exact) mass is 479 g/mol. The minimum absolute atomic E-state index is 0.116. The number of non-ortho nitro benzene ring substituents is 1. The third kappa shape index (κ3) is 3.71. The SMILES string of the molecule is O=C1C(=O)N(c2ccc(Br)cn2)[C@H](c2ccc([N+](=O)[O-])cc2)C1=C(O)c1ccccc1. The number of halogens is 1. The molecule has 1 amide bonds. The first-order valence-electron chi connectivity index (χ1n) is 9.11. The molecule has 1 atom stereocenters. The highest BCUT2D eigenvalue weighted by molar-refractivity contribution is 9.10. The van der Waals surface area contributed by atoms with Crippen LogP contribution in [0.5, 0.6) is 0 Å². The van der Waals surface area contributed by atoms with Crippen molar-refractivity contribution in [3.63, 3.8) is 0 Å². The summed E-state index contributed by atoms with van der Waals surface area (Å²) in [6.45, 7) is 0. The summed E-state index contributed by atoms with van der Waals surface area (Å²) in [7, 11) is 0. The second-order valence-electron chi connectivity index (χ2n) is 6.72. The van der Waals surface area contributed by atoms with Crippen molar-refractivity contribution in [2.45, 2.75) is 6.04 Å². The van der Waals surface area contributed by atoms with E-state index in [0.717, 1.165) is 0 Å². The van der Waals surface area contributed by atoms with E-state index in [1.165, 1.54) is 35.4 Å². The molecule has 8 nitrogen and oxygen atoms in total. The zero-order valence-electron chi connectivity index (χ0n) is 15.8. The van der Waals surface area contributed by atoms with E-state index in [9.17, 15) is 24.8 Å². The minimum atomic E-state index is -1.00. The average Bonchev–Trinajstić information content (AvgIpc) is 3.05. The van der Waals surface area contributed by atoms with Gasteiger partial charge in [0.25, 0.3) is 11.5 Å². The van der Waals surface area contributed by atoms with Crippen LogP contribution >= 0.6 is 15.9 Å². The molecule has 1 aliphatic heterocycles. The summed E-state index contributed by atoms with van der Waals surface area (Å²) in [4.78, 5) is 41.8. The Kier molecular flexibility index (Phi) is 5.35. The molecule has 1 saturated heterocycles. The van der Waals surface area contributed by atoms with Gasteiger partial charge in [-0.05, 0) is 45.8 Å². The van der Waals surface area contributed by atoms with Gasteiger partial charge in [-0.15, -0.1) is 0 Å². The predicted octanol–water partition coefficient (Wildman–Crippen LogP) is 4.38. The lowest BCUT2D eigenvalue weighted by Gasteiger charge is -2.24. The summed E-state index contributed by atoms with van der Waals surface area (Å²) >= 11 is 3.28. The van der Waals surface area contributed by atoms with E-state index in [0.29, 0.717) is 15.6 Å². The van der Waals surface area contributed by atoms with Crippen LogP contribution in [0.3, 0.4) is 0 Å². The number of aromatic nitrogens is 1. The fraction of sp³-hybridized carbons (Fsp3) is 0.0455. The molecule has 2 aromatic carbocycles. The number of rotatable bonds is 4. The fourth-order valence-corrected chi connectivity index (χ4v) is 3.66. The number of benzene rings is 2. The molecule has 0 aliphatic carbocycles. The van der Waals surface area contributed by atoms with Crippen LogP contribution in [0.15, 0.2) is 83.0 Å². The summed E-state index contributed by atoms with van der Waals surface area (Å²) in [6.07, 6.45) is 1.48. The number of aliphatic hydroxyl groups excluding tert-OH is 1. The molecular formula is C22H14BrN3O5. The van der Waals surface area contributed by atoms with E-state index in [2.05, 4.69) is 20.9 Å². The smallest absolute Gasteiger partial charge is 0.301 e. The van der Waals surface area contributed by atoms with Crippen molar-refractivity contribution < 1.29 is 19.6 Å². The molecule has 1 fully saturated rings. The van der Waals surface area contributed by atoms with Gasteiger partial charge in [-0.1, -0.05) is 30.3 Å². The molecule has 0 spiro atoms. The second-order valence-corrected chi connectivity index (χ2v) is 7.63. The number of Topliss-reactive ketones (excluding diaryl/α,β-unsaturated/α-hetero) is 1. The van der Waals surface area contributed by atoms with Gasteiger partial charge in [-0.3, -0.25) is 24.6 Å². The lowest BCUT2D eigenvalue weighted by molar-refractivity contribution is -0.384. The van der Waals surface area contributed by atoms with Crippen LogP contribution in [-0.2, 0) is 9.59 Å². The number of pyridine rings is 1. The van der Waals surface area contributed by atoms with E-state index in [1.54, 1.807) is 42.5 Å². The number of amides is 1. The Bertz CT molecular complexity index is 1210. The predicted molar refractivity (Wildman–Crippen MR) is 116 cm³/mol. The summed E-state index contributed by atoms with van der Waals surface area (Å²) in [5.74, 6) is -1.84. The van der Waals surface area contributed by atoms with Gasteiger partial charge in [0.2, 0.25) is 0 Å². The number of anilines is 1. The maximum atomic E-state index is 13.0. The molecule has 1 N–H and O–H groups in total. The first kappa shape index (κ1) is 20.4. The van der Waals surface area contributed by atoms with Crippen molar-refractivity contribution in [2.24, 2.45) is 0 Å². The average molecular weight is 480 g/mol. The van der Waals surface area contributed by atoms with Crippen LogP contribution in [-0.4, -0.2) is 26.7 Å². The number of hydrogen-bond acceptors (Lipinski definition) is 6. The highest BCUT2D eigenvalue weighted by Gasteiger charge is 2.47. The van der Waals surface area contributed by atoms with Crippen LogP contribution in [0.2, 0.25) is 0 Å². The molecule has 0 radical (unpaired) electrons. The second kappa shape index (κ2) is 8.11. The normalized spacial score (nSPS) is 17.7. The number of nitro groups is 1. The van der Waals surface area contributed by atoms with Gasteiger partial charge in [0.05, 0.1) is 16.5 Å². The number of ketones is 1. The Labute approximate surface area is 184 Å². The van der Waals surface area contributed by atoms with Gasteiger partial charge in [0.1, 0.15) is 11.6 Å². The van der Waals surface area contributed by atoms with Gasteiger partial charge < -0.3 is 5.11 Å². The number of hydrogen-bond donors (Lipinski definition) is 1. The molecule has 2 heterocycles. The van der Waals surface area contributed by atoms with Gasteiger partial charge >= 0.3 is 5.91 Å². The number of nitro benzene ring substituents is 1. The van der Waals surface area contributed by atoms with Crippen molar-refractivity contribution >= 4 is 44.9 Å². The molecule has 154 valence electrons. The van der Waals surface area contributed by atoms with E-state index in [-0.39, 0.29) is 22.8 Å². The summed E-state index contributed by atoms with van der Waals surface area (Å²) in [5.41, 5.74) is 0.545. The maximum absolute atomic E-state index is 13.0. The number of carbonyl (C=O) groups excluding carboxylic acids is 2. The molecule has 0 bridgehead atoms. The molecule has 1 aromatic heterocycles. The Hall–Kier alpha value is -3.85. The minimum Gasteiger partial charge on any atom is -0.507 e. The first-order chi connectivity index (χ1) is 14.9. The molecule has 3 aromatic rings. The van der Waals surface area contributed by atoms with Gasteiger partial charge in [-0.25, -0.2) is 4.98 Å². The summed E-state index contributed by atoms with van der Waals surface area (Å²) in [5, 5.41) is 22.0. The quantitative estimate of drug-likeness (QED) is 0.195. The van der Waals surface area contributed by atoms with Crippen molar-refractivity contribution in [3.05, 3.63) is 104 Å². The van der Waals surface area contributed by atoms with E-state index >= 15 is 0 Å². The van der Waals surface area contributed by atoms with E-state index in [1.807, 2.05) is 0 Å².